The van der Waals surface area contributed by atoms with E-state index in [0.717, 1.165) is 17.8 Å². The van der Waals surface area contributed by atoms with E-state index in [1.165, 1.54) is 11.6 Å². The van der Waals surface area contributed by atoms with Crippen LogP contribution in [0.15, 0.2) is 42.5 Å². The maximum Gasteiger partial charge on any atom is 0.253 e. The molecule has 3 rings (SSSR count). The molecular weight excluding hydrogens is 362 g/mol. The number of carbonyl (C=O) groups excluding carboxylic acids is 2. The van der Waals surface area contributed by atoms with Gasteiger partial charge in [0.1, 0.15) is 0 Å². The number of anilines is 1. The first-order valence-corrected chi connectivity index (χ1v) is 9.50. The van der Waals surface area contributed by atoms with Crippen molar-refractivity contribution in [3.05, 3.63) is 65.2 Å². The Morgan fingerprint density at radius 1 is 1.00 bits per heavy atom. The molecule has 6 heteroatoms. The molecular formula is C22H24F2N2O2. The number of carbonyl (C=O) groups is 2. The molecule has 2 aromatic carbocycles. The van der Waals surface area contributed by atoms with Gasteiger partial charge in [-0.05, 0) is 54.7 Å². The predicted molar refractivity (Wildman–Crippen MR) is 104 cm³/mol. The molecule has 0 bridgehead atoms. The van der Waals surface area contributed by atoms with Crippen molar-refractivity contribution in [1.82, 2.24) is 4.90 Å². The van der Waals surface area contributed by atoms with E-state index < -0.39 is 11.6 Å². The summed E-state index contributed by atoms with van der Waals surface area (Å²) in [5, 5.41) is 2.93. The van der Waals surface area contributed by atoms with Crippen molar-refractivity contribution >= 4 is 17.5 Å². The standard InChI is InChI=1S/C22H24F2N2O2/c1-14(2)15-3-6-18(7-4-15)25-21(27)16-9-11-26(12-10-16)22(28)17-5-8-19(23)20(24)13-17/h3-8,13-14,16H,9-12H2,1-2H3,(H,25,27). The van der Waals surface area contributed by atoms with Gasteiger partial charge >= 0.3 is 0 Å². The van der Waals surface area contributed by atoms with E-state index in [1.54, 1.807) is 4.90 Å². The molecule has 1 heterocycles. The molecule has 0 aliphatic carbocycles. The average Bonchev–Trinajstić information content (AvgIpc) is 2.70. The van der Waals surface area contributed by atoms with Crippen molar-refractivity contribution < 1.29 is 18.4 Å². The second kappa shape index (κ2) is 8.50. The van der Waals surface area contributed by atoms with E-state index in [-0.39, 0.29) is 23.3 Å². The SMILES string of the molecule is CC(C)c1ccc(NC(=O)C2CCN(C(=O)c3ccc(F)c(F)c3)CC2)cc1. The number of rotatable bonds is 4. The number of benzene rings is 2. The van der Waals surface area contributed by atoms with Crippen LogP contribution in [-0.4, -0.2) is 29.8 Å². The number of nitrogens with zero attached hydrogens (tertiary/aromatic N) is 1. The molecule has 1 aliphatic heterocycles. The van der Waals surface area contributed by atoms with E-state index in [0.29, 0.717) is 31.8 Å². The Bertz CT molecular complexity index is 857. The molecule has 4 nitrogen and oxygen atoms in total. The van der Waals surface area contributed by atoms with Crippen LogP contribution in [0, 0.1) is 17.6 Å². The van der Waals surface area contributed by atoms with Crippen molar-refractivity contribution in [1.29, 1.82) is 0 Å². The topological polar surface area (TPSA) is 49.4 Å². The lowest BCUT2D eigenvalue weighted by molar-refractivity contribution is -0.121. The van der Waals surface area contributed by atoms with Crippen molar-refractivity contribution in [2.75, 3.05) is 18.4 Å². The van der Waals surface area contributed by atoms with Crippen LogP contribution in [0.3, 0.4) is 0 Å². The molecule has 28 heavy (non-hydrogen) atoms. The number of likely N-dealkylation sites (tertiary alicyclic amines) is 1. The summed E-state index contributed by atoms with van der Waals surface area (Å²) >= 11 is 0. The number of halogens is 2. The third kappa shape index (κ3) is 4.55. The smallest absolute Gasteiger partial charge is 0.253 e. The van der Waals surface area contributed by atoms with Crippen molar-refractivity contribution in [2.45, 2.75) is 32.6 Å². The molecule has 0 atom stereocenters. The lowest BCUT2D eigenvalue weighted by atomic mass is 9.95. The van der Waals surface area contributed by atoms with Gasteiger partial charge in [0.05, 0.1) is 0 Å². The third-order valence-electron chi connectivity index (χ3n) is 5.16. The van der Waals surface area contributed by atoms with Gasteiger partial charge in [-0.15, -0.1) is 0 Å². The molecule has 1 saturated heterocycles. The van der Waals surface area contributed by atoms with Gasteiger partial charge in [-0.25, -0.2) is 8.78 Å². The average molecular weight is 386 g/mol. The molecule has 1 fully saturated rings. The highest BCUT2D eigenvalue weighted by molar-refractivity contribution is 5.95. The van der Waals surface area contributed by atoms with Gasteiger partial charge in [0.15, 0.2) is 11.6 Å². The highest BCUT2D eigenvalue weighted by atomic mass is 19.2. The minimum Gasteiger partial charge on any atom is -0.339 e. The van der Waals surface area contributed by atoms with Crippen LogP contribution in [0.5, 0.6) is 0 Å². The largest absolute Gasteiger partial charge is 0.339 e. The molecule has 0 aromatic heterocycles. The first-order chi connectivity index (χ1) is 13.3. The molecule has 2 amide bonds. The highest BCUT2D eigenvalue weighted by Crippen LogP contribution is 2.23. The first kappa shape index (κ1) is 20.0. The van der Waals surface area contributed by atoms with Gasteiger partial charge in [0, 0.05) is 30.3 Å². The molecule has 148 valence electrons. The van der Waals surface area contributed by atoms with Gasteiger partial charge in [0.25, 0.3) is 5.91 Å². The minimum absolute atomic E-state index is 0.0581. The summed E-state index contributed by atoms with van der Waals surface area (Å²) in [7, 11) is 0. The lowest BCUT2D eigenvalue weighted by Gasteiger charge is -2.31. The van der Waals surface area contributed by atoms with Crippen molar-refractivity contribution in [3.8, 4) is 0 Å². The van der Waals surface area contributed by atoms with Gasteiger partial charge in [-0.2, -0.15) is 0 Å². The Kier molecular flexibility index (Phi) is 6.07. The lowest BCUT2D eigenvalue weighted by Crippen LogP contribution is -2.41. The zero-order valence-corrected chi connectivity index (χ0v) is 16.0. The van der Waals surface area contributed by atoms with E-state index in [4.69, 9.17) is 0 Å². The summed E-state index contributed by atoms with van der Waals surface area (Å²) in [6, 6.07) is 10.9. The summed E-state index contributed by atoms with van der Waals surface area (Å²) < 4.78 is 26.4. The van der Waals surface area contributed by atoms with Crippen molar-refractivity contribution in [2.24, 2.45) is 5.92 Å². The second-order valence-electron chi connectivity index (χ2n) is 7.46. The zero-order valence-electron chi connectivity index (χ0n) is 16.0. The number of nitrogens with one attached hydrogen (secondary N) is 1. The summed E-state index contributed by atoms with van der Waals surface area (Å²) in [4.78, 5) is 26.5. The molecule has 2 aromatic rings. The fourth-order valence-corrected chi connectivity index (χ4v) is 3.35. The van der Waals surface area contributed by atoms with Crippen LogP contribution in [-0.2, 0) is 4.79 Å². The highest BCUT2D eigenvalue weighted by Gasteiger charge is 2.28. The number of piperidine rings is 1. The summed E-state index contributed by atoms with van der Waals surface area (Å²) in [6.07, 6.45) is 1.07. The maximum absolute atomic E-state index is 13.4. The Labute approximate surface area is 163 Å². The Hall–Kier alpha value is -2.76. The summed E-state index contributed by atoms with van der Waals surface area (Å²) in [5.41, 5.74) is 2.09. The molecule has 0 spiro atoms. The van der Waals surface area contributed by atoms with Gasteiger partial charge in [-0.1, -0.05) is 26.0 Å². The normalized spacial score (nSPS) is 15.0. The number of amides is 2. The molecule has 1 aliphatic rings. The fourth-order valence-electron chi connectivity index (χ4n) is 3.35. The molecule has 1 N–H and O–H groups in total. The fraction of sp³-hybridized carbons (Fsp3) is 0.364. The minimum atomic E-state index is -1.04. The van der Waals surface area contributed by atoms with Crippen LogP contribution in [0.4, 0.5) is 14.5 Å². The van der Waals surface area contributed by atoms with E-state index in [9.17, 15) is 18.4 Å². The van der Waals surface area contributed by atoms with Gasteiger partial charge in [-0.3, -0.25) is 9.59 Å². The zero-order chi connectivity index (χ0) is 20.3. The number of hydrogen-bond acceptors (Lipinski definition) is 2. The van der Waals surface area contributed by atoms with Crippen LogP contribution in [0.2, 0.25) is 0 Å². The van der Waals surface area contributed by atoms with Gasteiger partial charge < -0.3 is 10.2 Å². The Balaban J connectivity index is 1.54. The maximum atomic E-state index is 13.4. The summed E-state index contributed by atoms with van der Waals surface area (Å²) in [6.45, 7) is 5.04. The predicted octanol–water partition coefficient (Wildman–Crippen LogP) is 4.58. The summed E-state index contributed by atoms with van der Waals surface area (Å²) in [5.74, 6) is -2.17. The van der Waals surface area contributed by atoms with Crippen LogP contribution in [0.25, 0.3) is 0 Å². The van der Waals surface area contributed by atoms with Gasteiger partial charge in [0.2, 0.25) is 5.91 Å². The first-order valence-electron chi connectivity index (χ1n) is 9.50. The molecule has 0 radical (unpaired) electrons. The molecule has 0 saturated carbocycles. The Morgan fingerprint density at radius 3 is 2.21 bits per heavy atom. The quantitative estimate of drug-likeness (QED) is 0.836. The van der Waals surface area contributed by atoms with E-state index in [1.807, 2.05) is 24.3 Å². The monoisotopic (exact) mass is 386 g/mol. The second-order valence-corrected chi connectivity index (χ2v) is 7.46. The van der Waals surface area contributed by atoms with Crippen LogP contribution < -0.4 is 5.32 Å². The van der Waals surface area contributed by atoms with Crippen LogP contribution >= 0.6 is 0 Å². The van der Waals surface area contributed by atoms with E-state index in [2.05, 4.69) is 19.2 Å². The Morgan fingerprint density at radius 2 is 1.64 bits per heavy atom. The molecule has 0 unspecified atom stereocenters. The van der Waals surface area contributed by atoms with Crippen LogP contribution in [0.1, 0.15) is 48.5 Å². The third-order valence-corrected chi connectivity index (χ3v) is 5.16. The van der Waals surface area contributed by atoms with E-state index >= 15 is 0 Å². The van der Waals surface area contributed by atoms with Crippen molar-refractivity contribution in [3.63, 3.8) is 0 Å². The number of hydrogen-bond donors (Lipinski definition) is 1.